The van der Waals surface area contributed by atoms with Crippen LogP contribution in [-0.2, 0) is 6.42 Å². The van der Waals surface area contributed by atoms with Crippen LogP contribution in [0.3, 0.4) is 0 Å². The van der Waals surface area contributed by atoms with Crippen molar-refractivity contribution in [3.63, 3.8) is 0 Å². The molecule has 0 bridgehead atoms. The second-order valence-electron chi connectivity index (χ2n) is 5.59. The molecule has 0 atom stereocenters. The van der Waals surface area contributed by atoms with Crippen molar-refractivity contribution in [2.45, 2.75) is 32.7 Å². The van der Waals surface area contributed by atoms with Crippen molar-refractivity contribution in [1.82, 2.24) is 15.5 Å². The van der Waals surface area contributed by atoms with Gasteiger partial charge in [-0.05, 0) is 39.0 Å². The fraction of sp³-hybridized carbons (Fsp3) is 0.429. The number of rotatable bonds is 4. The minimum absolute atomic E-state index is 0.130. The summed E-state index contributed by atoms with van der Waals surface area (Å²) >= 11 is 11.1. The van der Waals surface area contributed by atoms with Crippen molar-refractivity contribution in [3.05, 3.63) is 32.7 Å². The van der Waals surface area contributed by atoms with Gasteiger partial charge in [0.05, 0.1) is 0 Å². The predicted molar refractivity (Wildman–Crippen MR) is 89.5 cm³/mol. The van der Waals surface area contributed by atoms with Crippen LogP contribution in [0.25, 0.3) is 10.6 Å². The summed E-state index contributed by atoms with van der Waals surface area (Å²) in [7, 11) is 0. The van der Waals surface area contributed by atoms with Gasteiger partial charge < -0.3 is 5.32 Å². The maximum absolute atomic E-state index is 6.06. The molecule has 0 fully saturated rings. The van der Waals surface area contributed by atoms with Gasteiger partial charge in [-0.2, -0.15) is 0 Å². The highest BCUT2D eigenvalue weighted by atomic mass is 79.9. The Morgan fingerprint density at radius 3 is 2.65 bits per heavy atom. The van der Waals surface area contributed by atoms with Crippen LogP contribution >= 0.6 is 38.9 Å². The van der Waals surface area contributed by atoms with E-state index in [1.807, 2.05) is 18.2 Å². The largest absolute Gasteiger partial charge is 0.312 e. The number of halogens is 2. The van der Waals surface area contributed by atoms with Gasteiger partial charge in [-0.1, -0.05) is 38.9 Å². The normalized spacial score (nSPS) is 11.8. The van der Waals surface area contributed by atoms with Crippen molar-refractivity contribution in [2.24, 2.45) is 0 Å². The highest BCUT2D eigenvalue weighted by Gasteiger charge is 2.11. The zero-order valence-corrected chi connectivity index (χ0v) is 14.9. The molecule has 0 aliphatic heterocycles. The van der Waals surface area contributed by atoms with E-state index >= 15 is 0 Å². The quantitative estimate of drug-likeness (QED) is 0.853. The zero-order chi connectivity index (χ0) is 14.8. The molecule has 0 saturated heterocycles. The van der Waals surface area contributed by atoms with Crippen molar-refractivity contribution in [1.29, 1.82) is 0 Å². The highest BCUT2D eigenvalue weighted by Crippen LogP contribution is 2.29. The number of hydrogen-bond donors (Lipinski definition) is 1. The smallest absolute Gasteiger partial charge is 0.147 e. The van der Waals surface area contributed by atoms with Gasteiger partial charge in [-0.3, -0.25) is 0 Å². The first-order chi connectivity index (χ1) is 9.33. The molecule has 0 aliphatic rings. The molecule has 0 unspecified atom stereocenters. The van der Waals surface area contributed by atoms with Crippen LogP contribution in [0.2, 0.25) is 5.02 Å². The van der Waals surface area contributed by atoms with E-state index in [2.05, 4.69) is 52.2 Å². The molecule has 0 radical (unpaired) electrons. The molecular formula is C14H17BrClN3S. The minimum Gasteiger partial charge on any atom is -0.312 e. The number of aromatic nitrogens is 2. The first-order valence-corrected chi connectivity index (χ1v) is 8.36. The van der Waals surface area contributed by atoms with Gasteiger partial charge in [0.2, 0.25) is 0 Å². The summed E-state index contributed by atoms with van der Waals surface area (Å²) in [6.45, 7) is 7.36. The molecule has 1 aromatic carbocycles. The van der Waals surface area contributed by atoms with E-state index < -0.39 is 0 Å². The number of nitrogens with one attached hydrogen (secondary N) is 1. The third kappa shape index (κ3) is 4.81. The Hall–Kier alpha value is -0.490. The molecule has 0 saturated carbocycles. The molecule has 1 heterocycles. The van der Waals surface area contributed by atoms with Crippen molar-refractivity contribution >= 4 is 38.9 Å². The van der Waals surface area contributed by atoms with Gasteiger partial charge in [-0.15, -0.1) is 10.2 Å². The van der Waals surface area contributed by atoms with Gasteiger partial charge in [0, 0.05) is 33.6 Å². The van der Waals surface area contributed by atoms with Gasteiger partial charge in [0.1, 0.15) is 10.0 Å². The number of nitrogens with zero attached hydrogens (tertiary/aromatic N) is 2. The molecule has 20 heavy (non-hydrogen) atoms. The first kappa shape index (κ1) is 15.9. The summed E-state index contributed by atoms with van der Waals surface area (Å²) < 4.78 is 0.950. The molecule has 6 heteroatoms. The third-order valence-corrected chi connectivity index (χ3v) is 4.28. The lowest BCUT2D eigenvalue weighted by Crippen LogP contribution is -2.37. The van der Waals surface area contributed by atoms with Gasteiger partial charge in [0.25, 0.3) is 0 Å². The van der Waals surface area contributed by atoms with Crippen LogP contribution in [0.15, 0.2) is 22.7 Å². The Bertz CT molecular complexity index is 572. The van der Waals surface area contributed by atoms with Gasteiger partial charge in [-0.25, -0.2) is 0 Å². The summed E-state index contributed by atoms with van der Waals surface area (Å²) in [4.78, 5) is 0. The van der Waals surface area contributed by atoms with E-state index in [0.29, 0.717) is 5.02 Å². The molecule has 1 N–H and O–H groups in total. The van der Waals surface area contributed by atoms with Gasteiger partial charge >= 0.3 is 0 Å². The van der Waals surface area contributed by atoms with E-state index in [9.17, 15) is 0 Å². The monoisotopic (exact) mass is 373 g/mol. The SMILES string of the molecule is CC(C)(C)NCCc1nnc(-c2cc(Cl)cc(Br)c2)s1. The maximum Gasteiger partial charge on any atom is 0.147 e. The topological polar surface area (TPSA) is 37.8 Å². The Labute approximate surface area is 136 Å². The Kier molecular flexibility index (Phi) is 5.18. The average molecular weight is 375 g/mol. The van der Waals surface area contributed by atoms with Crippen LogP contribution in [0.1, 0.15) is 25.8 Å². The fourth-order valence-corrected chi connectivity index (χ4v) is 3.38. The standard InChI is InChI=1S/C14H17BrClN3S/c1-14(2,3)17-5-4-12-18-19-13(20-12)9-6-10(15)8-11(16)7-9/h6-8,17H,4-5H2,1-3H3. The third-order valence-electron chi connectivity index (χ3n) is 2.57. The maximum atomic E-state index is 6.06. The molecule has 0 spiro atoms. The molecule has 2 aromatic rings. The van der Waals surface area contributed by atoms with Crippen LogP contribution in [-0.4, -0.2) is 22.3 Å². The van der Waals surface area contributed by atoms with E-state index in [1.54, 1.807) is 11.3 Å². The van der Waals surface area contributed by atoms with Crippen LogP contribution < -0.4 is 5.32 Å². The Morgan fingerprint density at radius 1 is 1.25 bits per heavy atom. The highest BCUT2D eigenvalue weighted by molar-refractivity contribution is 9.10. The molecule has 2 rings (SSSR count). The Morgan fingerprint density at radius 2 is 2.00 bits per heavy atom. The predicted octanol–water partition coefficient (Wildman–Crippen LogP) is 4.55. The summed E-state index contributed by atoms with van der Waals surface area (Å²) in [6.07, 6.45) is 0.886. The van der Waals surface area contributed by atoms with Crippen molar-refractivity contribution < 1.29 is 0 Å². The van der Waals surface area contributed by atoms with Crippen LogP contribution in [0, 0.1) is 0 Å². The fourth-order valence-electron chi connectivity index (χ4n) is 1.69. The number of benzene rings is 1. The Balaban J connectivity index is 2.05. The van der Waals surface area contributed by atoms with Crippen molar-refractivity contribution in [3.8, 4) is 10.6 Å². The average Bonchev–Trinajstić information content (AvgIpc) is 2.74. The second-order valence-corrected chi connectivity index (χ2v) is 8.00. The van der Waals surface area contributed by atoms with E-state index in [-0.39, 0.29) is 5.54 Å². The van der Waals surface area contributed by atoms with E-state index in [1.165, 1.54) is 0 Å². The summed E-state index contributed by atoms with van der Waals surface area (Å²) in [5, 5.41) is 14.6. The minimum atomic E-state index is 0.130. The molecular weight excluding hydrogens is 358 g/mol. The molecule has 3 nitrogen and oxygen atoms in total. The van der Waals surface area contributed by atoms with E-state index in [4.69, 9.17) is 11.6 Å². The molecule has 0 aliphatic carbocycles. The lowest BCUT2D eigenvalue weighted by molar-refractivity contribution is 0.429. The van der Waals surface area contributed by atoms with Gasteiger partial charge in [0.15, 0.2) is 0 Å². The van der Waals surface area contributed by atoms with Crippen LogP contribution in [0.5, 0.6) is 0 Å². The van der Waals surface area contributed by atoms with Crippen molar-refractivity contribution in [2.75, 3.05) is 6.54 Å². The van der Waals surface area contributed by atoms with E-state index in [0.717, 1.165) is 33.0 Å². The zero-order valence-electron chi connectivity index (χ0n) is 11.7. The second kappa shape index (κ2) is 6.52. The summed E-state index contributed by atoms with van der Waals surface area (Å²) in [6, 6.07) is 5.77. The molecule has 108 valence electrons. The molecule has 0 amide bonds. The summed E-state index contributed by atoms with van der Waals surface area (Å²) in [5.41, 5.74) is 1.13. The lowest BCUT2D eigenvalue weighted by atomic mass is 10.1. The first-order valence-electron chi connectivity index (χ1n) is 6.37. The van der Waals surface area contributed by atoms with Crippen LogP contribution in [0.4, 0.5) is 0 Å². The number of hydrogen-bond acceptors (Lipinski definition) is 4. The summed E-state index contributed by atoms with van der Waals surface area (Å²) in [5.74, 6) is 0. The lowest BCUT2D eigenvalue weighted by Gasteiger charge is -2.19. The molecule has 1 aromatic heterocycles.